The van der Waals surface area contributed by atoms with E-state index in [4.69, 9.17) is 9.47 Å². The molecule has 0 bridgehead atoms. The molecule has 6 nitrogen and oxygen atoms in total. The van der Waals surface area contributed by atoms with E-state index in [1.165, 1.54) is 34.8 Å². The molecule has 4 rings (SSSR count). The standard InChI is InChI=1S/C22H18FN3O3S2/c1-13-3-8-19(28-2)16(9-13)17-11-31-22(25-17)26-21(27)18-12-30-20(24-18)10-29-15-6-4-14(23)5-7-15/h3-9,11-12H,10H2,1-2H3,(H,25,26,27). The Morgan fingerprint density at radius 2 is 1.90 bits per heavy atom. The van der Waals surface area contributed by atoms with Crippen LogP contribution in [-0.4, -0.2) is 23.0 Å². The molecule has 0 aliphatic rings. The Balaban J connectivity index is 1.40. The third-order valence-corrected chi connectivity index (χ3v) is 5.90. The quantitative estimate of drug-likeness (QED) is 0.395. The highest BCUT2D eigenvalue weighted by molar-refractivity contribution is 7.14. The molecule has 0 saturated carbocycles. The molecule has 158 valence electrons. The van der Waals surface area contributed by atoms with Crippen molar-refractivity contribution < 1.29 is 18.7 Å². The van der Waals surface area contributed by atoms with Crippen molar-refractivity contribution in [3.05, 3.63) is 75.3 Å². The average Bonchev–Trinajstić information content (AvgIpc) is 3.43. The van der Waals surface area contributed by atoms with Crippen LogP contribution in [0.15, 0.2) is 53.2 Å². The molecule has 0 aliphatic heterocycles. The molecule has 0 fully saturated rings. The van der Waals surface area contributed by atoms with Crippen molar-refractivity contribution in [1.82, 2.24) is 9.97 Å². The van der Waals surface area contributed by atoms with E-state index >= 15 is 0 Å². The van der Waals surface area contributed by atoms with Gasteiger partial charge in [0.25, 0.3) is 5.91 Å². The minimum absolute atomic E-state index is 0.193. The highest BCUT2D eigenvalue weighted by Crippen LogP contribution is 2.33. The van der Waals surface area contributed by atoms with Gasteiger partial charge in [-0.3, -0.25) is 10.1 Å². The summed E-state index contributed by atoms with van der Waals surface area (Å²) in [5.74, 6) is 0.580. The number of hydrogen-bond acceptors (Lipinski definition) is 7. The van der Waals surface area contributed by atoms with Gasteiger partial charge in [0.05, 0.1) is 12.8 Å². The molecule has 2 aromatic heterocycles. The van der Waals surface area contributed by atoms with Crippen molar-refractivity contribution in [1.29, 1.82) is 0 Å². The second-order valence-electron chi connectivity index (χ2n) is 6.56. The summed E-state index contributed by atoms with van der Waals surface area (Å²) in [4.78, 5) is 21.4. The molecule has 1 N–H and O–H groups in total. The molecule has 9 heteroatoms. The van der Waals surface area contributed by atoms with Crippen LogP contribution in [0.1, 0.15) is 21.1 Å². The van der Waals surface area contributed by atoms with Crippen molar-refractivity contribution in [2.45, 2.75) is 13.5 Å². The Bertz CT molecular complexity index is 1200. The van der Waals surface area contributed by atoms with Gasteiger partial charge in [-0.05, 0) is 43.3 Å². The van der Waals surface area contributed by atoms with Gasteiger partial charge in [-0.2, -0.15) is 0 Å². The van der Waals surface area contributed by atoms with Gasteiger partial charge in [-0.15, -0.1) is 22.7 Å². The van der Waals surface area contributed by atoms with Crippen LogP contribution in [0.2, 0.25) is 0 Å². The number of nitrogens with zero attached hydrogens (tertiary/aromatic N) is 2. The van der Waals surface area contributed by atoms with Crippen molar-refractivity contribution in [2.75, 3.05) is 12.4 Å². The summed E-state index contributed by atoms with van der Waals surface area (Å²) in [6, 6.07) is 11.6. The zero-order valence-corrected chi connectivity index (χ0v) is 18.3. The fraction of sp³-hybridized carbons (Fsp3) is 0.136. The van der Waals surface area contributed by atoms with Crippen molar-refractivity contribution in [2.24, 2.45) is 0 Å². The van der Waals surface area contributed by atoms with Gasteiger partial charge < -0.3 is 9.47 Å². The normalized spacial score (nSPS) is 10.7. The molecule has 31 heavy (non-hydrogen) atoms. The van der Waals surface area contributed by atoms with Gasteiger partial charge in [0.15, 0.2) is 5.13 Å². The number of halogens is 1. The molecular formula is C22H18FN3O3S2. The van der Waals surface area contributed by atoms with Gasteiger partial charge in [0, 0.05) is 16.3 Å². The number of ether oxygens (including phenoxy) is 2. The van der Waals surface area contributed by atoms with E-state index in [0.717, 1.165) is 22.6 Å². The first-order chi connectivity index (χ1) is 15.0. The summed E-state index contributed by atoms with van der Waals surface area (Å²) in [7, 11) is 1.61. The van der Waals surface area contributed by atoms with Crippen LogP contribution in [0, 0.1) is 12.7 Å². The fourth-order valence-corrected chi connectivity index (χ4v) is 4.19. The molecule has 0 unspecified atom stereocenters. The highest BCUT2D eigenvalue weighted by Gasteiger charge is 2.15. The maximum atomic E-state index is 13.0. The first-order valence-electron chi connectivity index (χ1n) is 9.26. The number of nitrogens with one attached hydrogen (secondary N) is 1. The van der Waals surface area contributed by atoms with Crippen LogP contribution in [0.5, 0.6) is 11.5 Å². The average molecular weight is 456 g/mol. The van der Waals surface area contributed by atoms with E-state index in [-0.39, 0.29) is 24.0 Å². The zero-order valence-electron chi connectivity index (χ0n) is 16.7. The highest BCUT2D eigenvalue weighted by atomic mass is 32.1. The van der Waals surface area contributed by atoms with E-state index in [2.05, 4.69) is 15.3 Å². The smallest absolute Gasteiger partial charge is 0.276 e. The number of anilines is 1. The van der Waals surface area contributed by atoms with Gasteiger partial charge >= 0.3 is 0 Å². The predicted molar refractivity (Wildman–Crippen MR) is 120 cm³/mol. The summed E-state index contributed by atoms with van der Waals surface area (Å²) in [6.07, 6.45) is 0. The Morgan fingerprint density at radius 3 is 2.68 bits per heavy atom. The number of methoxy groups -OCH3 is 1. The summed E-state index contributed by atoms with van der Waals surface area (Å²) < 4.78 is 23.9. The number of benzene rings is 2. The number of carbonyl (C=O) groups is 1. The number of amides is 1. The van der Waals surface area contributed by atoms with E-state index in [1.807, 2.05) is 30.5 Å². The van der Waals surface area contributed by atoms with Crippen LogP contribution in [0.3, 0.4) is 0 Å². The van der Waals surface area contributed by atoms with E-state index in [0.29, 0.717) is 15.9 Å². The number of thiazole rings is 2. The predicted octanol–water partition coefficient (Wildman–Crippen LogP) is 5.55. The molecule has 0 atom stereocenters. The van der Waals surface area contributed by atoms with E-state index < -0.39 is 0 Å². The molecule has 2 heterocycles. The largest absolute Gasteiger partial charge is 0.496 e. The van der Waals surface area contributed by atoms with Crippen LogP contribution in [0.4, 0.5) is 9.52 Å². The SMILES string of the molecule is COc1ccc(C)cc1-c1csc(NC(=O)c2csc(COc3ccc(F)cc3)n2)n1. The number of aromatic nitrogens is 2. The van der Waals surface area contributed by atoms with Crippen LogP contribution in [0.25, 0.3) is 11.3 Å². The number of aryl methyl sites for hydroxylation is 1. The van der Waals surface area contributed by atoms with Crippen LogP contribution in [-0.2, 0) is 6.61 Å². The van der Waals surface area contributed by atoms with Gasteiger partial charge in [-0.1, -0.05) is 11.6 Å². The molecule has 0 radical (unpaired) electrons. The molecule has 1 amide bonds. The third-order valence-electron chi connectivity index (χ3n) is 4.32. The number of rotatable bonds is 7. The Morgan fingerprint density at radius 1 is 1.10 bits per heavy atom. The summed E-state index contributed by atoms with van der Waals surface area (Å²) >= 11 is 2.64. The second-order valence-corrected chi connectivity index (χ2v) is 8.37. The zero-order chi connectivity index (χ0) is 21.8. The van der Waals surface area contributed by atoms with Crippen molar-refractivity contribution >= 4 is 33.7 Å². The van der Waals surface area contributed by atoms with Crippen LogP contribution >= 0.6 is 22.7 Å². The number of hydrogen-bond donors (Lipinski definition) is 1. The van der Waals surface area contributed by atoms with Crippen molar-refractivity contribution in [3.8, 4) is 22.8 Å². The minimum Gasteiger partial charge on any atom is -0.496 e. The minimum atomic E-state index is -0.346. The molecule has 2 aromatic carbocycles. The monoisotopic (exact) mass is 455 g/mol. The number of carbonyl (C=O) groups excluding carboxylic acids is 1. The van der Waals surface area contributed by atoms with E-state index in [1.54, 1.807) is 24.6 Å². The lowest BCUT2D eigenvalue weighted by molar-refractivity contribution is 0.102. The maximum Gasteiger partial charge on any atom is 0.276 e. The Kier molecular flexibility index (Phi) is 6.24. The first-order valence-corrected chi connectivity index (χ1v) is 11.0. The van der Waals surface area contributed by atoms with Gasteiger partial charge in [-0.25, -0.2) is 14.4 Å². The van der Waals surface area contributed by atoms with E-state index in [9.17, 15) is 9.18 Å². The topological polar surface area (TPSA) is 73.3 Å². The molecule has 0 saturated heterocycles. The molecule has 4 aromatic rings. The third kappa shape index (κ3) is 5.07. The summed E-state index contributed by atoms with van der Waals surface area (Å²) in [5, 5.41) is 7.43. The van der Waals surface area contributed by atoms with Crippen molar-refractivity contribution in [3.63, 3.8) is 0 Å². The lowest BCUT2D eigenvalue weighted by atomic mass is 10.1. The van der Waals surface area contributed by atoms with Gasteiger partial charge in [0.1, 0.15) is 34.6 Å². The summed E-state index contributed by atoms with van der Waals surface area (Å²) in [5.41, 5.74) is 2.97. The molecule has 0 spiro atoms. The Hall–Kier alpha value is -3.30. The second kappa shape index (κ2) is 9.23. The van der Waals surface area contributed by atoms with Crippen LogP contribution < -0.4 is 14.8 Å². The molecular weight excluding hydrogens is 437 g/mol. The first kappa shape index (κ1) is 21.0. The Labute approximate surface area is 186 Å². The summed E-state index contributed by atoms with van der Waals surface area (Å²) in [6.45, 7) is 2.19. The molecule has 0 aliphatic carbocycles. The maximum absolute atomic E-state index is 13.0. The lowest BCUT2D eigenvalue weighted by Gasteiger charge is -2.07. The lowest BCUT2D eigenvalue weighted by Crippen LogP contribution is -2.12. The fourth-order valence-electron chi connectivity index (χ4n) is 2.80. The van der Waals surface area contributed by atoms with Gasteiger partial charge in [0.2, 0.25) is 0 Å².